The van der Waals surface area contributed by atoms with Crippen molar-refractivity contribution >= 4 is 5.91 Å². The largest absolute Gasteiger partial charge is 0.339 e. The minimum Gasteiger partial charge on any atom is -0.339 e. The molecule has 1 aromatic carbocycles. The molecule has 1 aromatic heterocycles. The number of hydrogen-bond donors (Lipinski definition) is 0. The molecule has 1 saturated heterocycles. The predicted molar refractivity (Wildman–Crippen MR) is 107 cm³/mol. The summed E-state index contributed by atoms with van der Waals surface area (Å²) in [7, 11) is 1.97. The number of carbonyl (C=O) groups is 1. The van der Waals surface area contributed by atoms with Crippen molar-refractivity contribution in [3.8, 4) is 0 Å². The van der Waals surface area contributed by atoms with Gasteiger partial charge in [0.1, 0.15) is 0 Å². The van der Waals surface area contributed by atoms with E-state index in [1.54, 1.807) is 6.20 Å². The van der Waals surface area contributed by atoms with Crippen molar-refractivity contribution in [2.24, 2.45) is 0 Å². The summed E-state index contributed by atoms with van der Waals surface area (Å²) in [5.74, 6) is 0.139. The third-order valence-corrected chi connectivity index (χ3v) is 6.31. The van der Waals surface area contributed by atoms with E-state index in [0.29, 0.717) is 6.04 Å². The molecule has 0 N–H and O–H groups in total. The fourth-order valence-corrected chi connectivity index (χ4v) is 4.61. The Kier molecular flexibility index (Phi) is 5.58. The first-order valence-corrected chi connectivity index (χ1v) is 10.3. The standard InChI is InChI=1S/C22H30N4O/c1-24(20-11-15-25(16-12-20)21-5-2-3-6-21)22(27)19-9-7-18(8-10-19)17-26-14-4-13-23-26/h4,7-10,13-14,20-21H,2-3,5-6,11-12,15-17H2,1H3. The van der Waals surface area contributed by atoms with Gasteiger partial charge in [-0.1, -0.05) is 25.0 Å². The van der Waals surface area contributed by atoms with Crippen LogP contribution in [0.15, 0.2) is 42.7 Å². The fraction of sp³-hybridized carbons (Fsp3) is 0.545. The Morgan fingerprint density at radius 3 is 2.44 bits per heavy atom. The number of nitrogens with zero attached hydrogens (tertiary/aromatic N) is 4. The Morgan fingerprint density at radius 2 is 1.81 bits per heavy atom. The molecule has 1 aliphatic carbocycles. The molecular formula is C22H30N4O. The first kappa shape index (κ1) is 18.2. The number of aromatic nitrogens is 2. The lowest BCUT2D eigenvalue weighted by Gasteiger charge is -2.39. The monoisotopic (exact) mass is 366 g/mol. The molecule has 0 unspecified atom stereocenters. The number of benzene rings is 1. The minimum atomic E-state index is 0.139. The number of carbonyl (C=O) groups excluding carboxylic acids is 1. The second-order valence-corrected chi connectivity index (χ2v) is 8.02. The zero-order valence-electron chi connectivity index (χ0n) is 16.3. The van der Waals surface area contributed by atoms with Crippen molar-refractivity contribution in [1.29, 1.82) is 0 Å². The van der Waals surface area contributed by atoms with Gasteiger partial charge in [0.05, 0.1) is 6.54 Å². The van der Waals surface area contributed by atoms with Crippen LogP contribution in [-0.4, -0.2) is 57.7 Å². The molecule has 1 saturated carbocycles. The smallest absolute Gasteiger partial charge is 0.253 e. The molecule has 0 spiro atoms. The molecule has 144 valence electrons. The molecule has 2 fully saturated rings. The van der Waals surface area contributed by atoms with Crippen LogP contribution in [0.5, 0.6) is 0 Å². The van der Waals surface area contributed by atoms with E-state index in [2.05, 4.69) is 10.00 Å². The first-order valence-electron chi connectivity index (χ1n) is 10.3. The predicted octanol–water partition coefficient (Wildman–Crippen LogP) is 3.41. The maximum Gasteiger partial charge on any atom is 0.253 e. The number of rotatable bonds is 5. The summed E-state index contributed by atoms with van der Waals surface area (Å²) in [6.07, 6.45) is 11.4. The fourth-order valence-electron chi connectivity index (χ4n) is 4.61. The van der Waals surface area contributed by atoms with Gasteiger partial charge in [0.2, 0.25) is 0 Å². The van der Waals surface area contributed by atoms with Gasteiger partial charge in [-0.2, -0.15) is 5.10 Å². The summed E-state index contributed by atoms with van der Waals surface area (Å²) in [5, 5.41) is 4.23. The Balaban J connectivity index is 1.32. The van der Waals surface area contributed by atoms with Gasteiger partial charge < -0.3 is 9.80 Å². The zero-order valence-corrected chi connectivity index (χ0v) is 16.3. The average molecular weight is 367 g/mol. The van der Waals surface area contributed by atoms with Crippen LogP contribution < -0.4 is 0 Å². The van der Waals surface area contributed by atoms with Gasteiger partial charge in [-0.05, 0) is 49.4 Å². The van der Waals surface area contributed by atoms with Gasteiger partial charge >= 0.3 is 0 Å². The van der Waals surface area contributed by atoms with Crippen molar-refractivity contribution in [1.82, 2.24) is 19.6 Å². The molecule has 0 atom stereocenters. The van der Waals surface area contributed by atoms with Gasteiger partial charge in [0, 0.05) is 50.2 Å². The summed E-state index contributed by atoms with van der Waals surface area (Å²) in [5.41, 5.74) is 1.93. The summed E-state index contributed by atoms with van der Waals surface area (Å²) in [6.45, 7) is 3.00. The Morgan fingerprint density at radius 1 is 1.11 bits per heavy atom. The SMILES string of the molecule is CN(C(=O)c1ccc(Cn2cccn2)cc1)C1CCN(C2CCCC2)CC1. The molecule has 27 heavy (non-hydrogen) atoms. The Hall–Kier alpha value is -2.14. The summed E-state index contributed by atoms with van der Waals surface area (Å²) >= 11 is 0. The van der Waals surface area contributed by atoms with Gasteiger partial charge in [-0.3, -0.25) is 9.48 Å². The maximum absolute atomic E-state index is 12.9. The average Bonchev–Trinajstić information content (AvgIpc) is 3.42. The highest BCUT2D eigenvalue weighted by Gasteiger charge is 2.30. The molecule has 0 bridgehead atoms. The van der Waals surface area contributed by atoms with E-state index in [1.807, 2.05) is 53.2 Å². The first-order chi connectivity index (χ1) is 13.2. The molecule has 2 aliphatic rings. The summed E-state index contributed by atoms with van der Waals surface area (Å²) in [6, 6.07) is 11.0. The van der Waals surface area contributed by atoms with E-state index < -0.39 is 0 Å². The van der Waals surface area contributed by atoms with Crippen LogP contribution in [-0.2, 0) is 6.54 Å². The van der Waals surface area contributed by atoms with Crippen molar-refractivity contribution < 1.29 is 4.79 Å². The van der Waals surface area contributed by atoms with Crippen molar-refractivity contribution in [3.05, 3.63) is 53.9 Å². The highest BCUT2D eigenvalue weighted by molar-refractivity contribution is 5.94. The van der Waals surface area contributed by atoms with E-state index in [0.717, 1.165) is 49.6 Å². The Labute approximate surface area is 162 Å². The van der Waals surface area contributed by atoms with E-state index in [4.69, 9.17) is 0 Å². The van der Waals surface area contributed by atoms with E-state index in [9.17, 15) is 4.79 Å². The summed E-state index contributed by atoms with van der Waals surface area (Å²) < 4.78 is 1.89. The molecule has 5 nitrogen and oxygen atoms in total. The highest BCUT2D eigenvalue weighted by Crippen LogP contribution is 2.27. The number of piperidine rings is 1. The summed E-state index contributed by atoms with van der Waals surface area (Å²) in [4.78, 5) is 17.5. The molecule has 2 aromatic rings. The van der Waals surface area contributed by atoms with E-state index >= 15 is 0 Å². The van der Waals surface area contributed by atoms with Crippen molar-refractivity contribution in [2.75, 3.05) is 20.1 Å². The van der Waals surface area contributed by atoms with Crippen LogP contribution >= 0.6 is 0 Å². The second-order valence-electron chi connectivity index (χ2n) is 8.02. The molecule has 5 heteroatoms. The van der Waals surface area contributed by atoms with Gasteiger partial charge in [0.15, 0.2) is 0 Å². The second kappa shape index (κ2) is 8.26. The van der Waals surface area contributed by atoms with Gasteiger partial charge in [-0.25, -0.2) is 0 Å². The third-order valence-electron chi connectivity index (χ3n) is 6.31. The molecule has 0 radical (unpaired) electrons. The Bertz CT molecular complexity index is 726. The lowest BCUT2D eigenvalue weighted by atomic mass is 10.00. The van der Waals surface area contributed by atoms with Crippen molar-refractivity contribution in [2.45, 2.75) is 57.2 Å². The number of hydrogen-bond acceptors (Lipinski definition) is 3. The van der Waals surface area contributed by atoms with Crippen molar-refractivity contribution in [3.63, 3.8) is 0 Å². The molecular weight excluding hydrogens is 336 g/mol. The van der Waals surface area contributed by atoms with Crippen LogP contribution in [0.2, 0.25) is 0 Å². The van der Waals surface area contributed by atoms with Gasteiger partial charge in [0.25, 0.3) is 5.91 Å². The quantitative estimate of drug-likeness (QED) is 0.814. The lowest BCUT2D eigenvalue weighted by molar-refractivity contribution is 0.0598. The van der Waals surface area contributed by atoms with E-state index in [1.165, 1.54) is 25.7 Å². The lowest BCUT2D eigenvalue weighted by Crippen LogP contribution is -2.48. The van der Waals surface area contributed by atoms with Gasteiger partial charge in [-0.15, -0.1) is 0 Å². The third kappa shape index (κ3) is 4.24. The van der Waals surface area contributed by atoms with Crippen LogP contribution in [0.1, 0.15) is 54.4 Å². The number of likely N-dealkylation sites (tertiary alicyclic amines) is 1. The molecule has 4 rings (SSSR count). The number of amides is 1. The maximum atomic E-state index is 12.9. The zero-order chi connectivity index (χ0) is 18.6. The highest BCUT2D eigenvalue weighted by atomic mass is 16.2. The molecule has 2 heterocycles. The minimum absolute atomic E-state index is 0.139. The topological polar surface area (TPSA) is 41.4 Å². The molecule has 1 aliphatic heterocycles. The van der Waals surface area contributed by atoms with Crippen LogP contribution in [0.3, 0.4) is 0 Å². The van der Waals surface area contributed by atoms with E-state index in [-0.39, 0.29) is 5.91 Å². The molecule has 1 amide bonds. The van der Waals surface area contributed by atoms with Crippen LogP contribution in [0, 0.1) is 0 Å². The normalized spacial score (nSPS) is 19.4. The van der Waals surface area contributed by atoms with Crippen LogP contribution in [0.25, 0.3) is 0 Å². The van der Waals surface area contributed by atoms with Crippen LogP contribution in [0.4, 0.5) is 0 Å².